The van der Waals surface area contributed by atoms with E-state index < -0.39 is 0 Å². The lowest BCUT2D eigenvalue weighted by molar-refractivity contribution is -0.135. The smallest absolute Gasteiger partial charge is 0.298 e. The average molecular weight is 373 g/mol. The number of nitrogens with one attached hydrogen (secondary N) is 1. The number of hydrogen-bond acceptors (Lipinski definition) is 5. The fraction of sp³-hybridized carbons (Fsp3) is 0.500. The number of halogens is 2. The van der Waals surface area contributed by atoms with Crippen LogP contribution in [0.25, 0.3) is 11.1 Å². The summed E-state index contributed by atoms with van der Waals surface area (Å²) in [5.41, 5.74) is 1.70. The summed E-state index contributed by atoms with van der Waals surface area (Å²) in [6.45, 7) is 4.82. The minimum atomic E-state index is 0. The molecule has 2 aromatic rings. The fourth-order valence-corrected chi connectivity index (χ4v) is 3.24. The highest BCUT2D eigenvalue weighted by atomic mass is 35.5. The maximum absolute atomic E-state index is 12.4. The highest BCUT2D eigenvalue weighted by Crippen LogP contribution is 2.23. The number of benzene rings is 1. The molecule has 0 radical (unpaired) electrons. The van der Waals surface area contributed by atoms with Gasteiger partial charge in [0.25, 0.3) is 6.01 Å². The summed E-state index contributed by atoms with van der Waals surface area (Å²) in [4.78, 5) is 21.0. The minimum Gasteiger partial charge on any atom is -0.423 e. The van der Waals surface area contributed by atoms with Crippen LogP contribution in [0.1, 0.15) is 6.42 Å². The van der Waals surface area contributed by atoms with Gasteiger partial charge in [-0.3, -0.25) is 4.79 Å². The minimum absolute atomic E-state index is 0. The van der Waals surface area contributed by atoms with Crippen LogP contribution >= 0.6 is 24.8 Å². The Bertz CT molecular complexity index is 647. The van der Waals surface area contributed by atoms with Crippen LogP contribution in [0.15, 0.2) is 28.7 Å². The molecule has 1 N–H and O–H groups in total. The molecule has 2 saturated heterocycles. The maximum Gasteiger partial charge on any atom is 0.298 e. The number of aromatic nitrogens is 1. The zero-order valence-electron chi connectivity index (χ0n) is 13.3. The Hall–Kier alpha value is -1.50. The lowest BCUT2D eigenvalue weighted by atomic mass is 10.1. The molecule has 3 heterocycles. The molecule has 0 spiro atoms. The second kappa shape index (κ2) is 8.05. The SMILES string of the molecule is Cl.Cl.O=C(C1CCNC1)N1CCN(c2nc3ccccc3o2)CC1. The first kappa shape index (κ1) is 18.8. The molecular weight excluding hydrogens is 351 g/mol. The second-order valence-electron chi connectivity index (χ2n) is 5.97. The number of amides is 1. The molecular formula is C16H22Cl2N4O2. The van der Waals surface area contributed by atoms with Crippen molar-refractivity contribution in [2.24, 2.45) is 5.92 Å². The van der Waals surface area contributed by atoms with Gasteiger partial charge in [0, 0.05) is 32.7 Å². The predicted octanol–water partition coefficient (Wildman–Crippen LogP) is 1.93. The quantitative estimate of drug-likeness (QED) is 0.872. The van der Waals surface area contributed by atoms with Gasteiger partial charge in [0.15, 0.2) is 5.58 Å². The molecule has 2 aliphatic heterocycles. The zero-order chi connectivity index (χ0) is 14.9. The number of carbonyl (C=O) groups excluding carboxylic acids is 1. The number of para-hydroxylation sites is 2. The molecule has 24 heavy (non-hydrogen) atoms. The number of anilines is 1. The topological polar surface area (TPSA) is 61.6 Å². The molecule has 0 bridgehead atoms. The first-order valence-corrected chi connectivity index (χ1v) is 7.91. The van der Waals surface area contributed by atoms with Gasteiger partial charge < -0.3 is 19.5 Å². The van der Waals surface area contributed by atoms with Gasteiger partial charge in [0.2, 0.25) is 5.91 Å². The molecule has 2 aliphatic rings. The number of rotatable bonds is 2. The number of hydrogen-bond donors (Lipinski definition) is 1. The number of fused-ring (bicyclic) bond motifs is 1. The van der Waals surface area contributed by atoms with Crippen LogP contribution in [0.3, 0.4) is 0 Å². The fourth-order valence-electron chi connectivity index (χ4n) is 3.24. The Morgan fingerprint density at radius 1 is 1.17 bits per heavy atom. The van der Waals surface area contributed by atoms with Crippen molar-refractivity contribution < 1.29 is 9.21 Å². The van der Waals surface area contributed by atoms with Gasteiger partial charge in [0.05, 0.1) is 5.92 Å². The largest absolute Gasteiger partial charge is 0.423 e. The highest BCUT2D eigenvalue weighted by molar-refractivity contribution is 5.85. The predicted molar refractivity (Wildman–Crippen MR) is 98.3 cm³/mol. The van der Waals surface area contributed by atoms with Crippen molar-refractivity contribution in [3.05, 3.63) is 24.3 Å². The summed E-state index contributed by atoms with van der Waals surface area (Å²) in [6.07, 6.45) is 0.962. The lowest BCUT2D eigenvalue weighted by Crippen LogP contribution is -2.50. The van der Waals surface area contributed by atoms with Crippen LogP contribution in [-0.2, 0) is 4.79 Å². The van der Waals surface area contributed by atoms with Gasteiger partial charge in [0.1, 0.15) is 5.52 Å². The number of nitrogens with zero attached hydrogens (tertiary/aromatic N) is 3. The Morgan fingerprint density at radius 2 is 1.92 bits per heavy atom. The summed E-state index contributed by atoms with van der Waals surface area (Å²) in [5.74, 6) is 0.457. The summed E-state index contributed by atoms with van der Waals surface area (Å²) >= 11 is 0. The summed E-state index contributed by atoms with van der Waals surface area (Å²) in [7, 11) is 0. The Kier molecular flexibility index (Phi) is 6.32. The van der Waals surface area contributed by atoms with E-state index in [0.717, 1.165) is 56.8 Å². The van der Waals surface area contributed by atoms with Crippen molar-refractivity contribution in [2.45, 2.75) is 6.42 Å². The number of oxazole rings is 1. The van der Waals surface area contributed by atoms with Crippen LogP contribution in [0, 0.1) is 5.92 Å². The van der Waals surface area contributed by atoms with E-state index >= 15 is 0 Å². The van der Waals surface area contributed by atoms with Crippen molar-refractivity contribution in [3.63, 3.8) is 0 Å². The van der Waals surface area contributed by atoms with Crippen LogP contribution in [-0.4, -0.2) is 55.1 Å². The van der Waals surface area contributed by atoms with Crippen molar-refractivity contribution in [3.8, 4) is 0 Å². The van der Waals surface area contributed by atoms with Gasteiger partial charge in [-0.05, 0) is 25.1 Å². The molecule has 1 aromatic carbocycles. The first-order chi connectivity index (χ1) is 10.8. The van der Waals surface area contributed by atoms with E-state index in [1.807, 2.05) is 29.2 Å². The molecule has 2 fully saturated rings. The molecule has 8 heteroatoms. The molecule has 132 valence electrons. The van der Waals surface area contributed by atoms with Gasteiger partial charge in [-0.2, -0.15) is 4.98 Å². The summed E-state index contributed by atoms with van der Waals surface area (Å²) in [5, 5.41) is 3.26. The normalized spacial score (nSPS) is 20.6. The molecule has 0 saturated carbocycles. The van der Waals surface area contributed by atoms with E-state index in [2.05, 4.69) is 15.2 Å². The van der Waals surface area contributed by atoms with Crippen LogP contribution < -0.4 is 10.2 Å². The van der Waals surface area contributed by atoms with Gasteiger partial charge >= 0.3 is 0 Å². The highest BCUT2D eigenvalue weighted by Gasteiger charge is 2.30. The Balaban J connectivity index is 0.00000104. The van der Waals surface area contributed by atoms with E-state index in [-0.39, 0.29) is 30.7 Å². The second-order valence-corrected chi connectivity index (χ2v) is 5.97. The molecule has 4 rings (SSSR count). The molecule has 1 unspecified atom stereocenters. The standard InChI is InChI=1S/C16H20N4O2.2ClH/c21-15(12-5-6-17-11-12)19-7-9-20(10-8-19)16-18-13-3-1-2-4-14(13)22-16;;/h1-4,12,17H,5-11H2;2*1H. The Morgan fingerprint density at radius 3 is 2.58 bits per heavy atom. The molecule has 1 atom stereocenters. The van der Waals surface area contributed by atoms with Crippen LogP contribution in [0.4, 0.5) is 6.01 Å². The lowest BCUT2D eigenvalue weighted by Gasteiger charge is -2.35. The average Bonchev–Trinajstić information content (AvgIpc) is 3.23. The van der Waals surface area contributed by atoms with E-state index in [1.165, 1.54) is 0 Å². The number of carbonyl (C=O) groups is 1. The Labute approximate surface area is 153 Å². The first-order valence-electron chi connectivity index (χ1n) is 7.91. The van der Waals surface area contributed by atoms with Crippen LogP contribution in [0.2, 0.25) is 0 Å². The molecule has 0 aliphatic carbocycles. The van der Waals surface area contributed by atoms with Gasteiger partial charge in [-0.1, -0.05) is 12.1 Å². The third-order valence-corrected chi connectivity index (χ3v) is 4.55. The van der Waals surface area contributed by atoms with Crippen molar-refractivity contribution in [2.75, 3.05) is 44.2 Å². The third kappa shape index (κ3) is 3.61. The molecule has 6 nitrogen and oxygen atoms in total. The van der Waals surface area contributed by atoms with Crippen molar-refractivity contribution in [1.82, 2.24) is 15.2 Å². The summed E-state index contributed by atoms with van der Waals surface area (Å²) in [6, 6.07) is 8.45. The van der Waals surface area contributed by atoms with E-state index in [1.54, 1.807) is 0 Å². The molecule has 1 aromatic heterocycles. The van der Waals surface area contributed by atoms with E-state index in [4.69, 9.17) is 4.42 Å². The maximum atomic E-state index is 12.4. The molecule has 1 amide bonds. The van der Waals surface area contributed by atoms with Gasteiger partial charge in [-0.15, -0.1) is 24.8 Å². The monoisotopic (exact) mass is 372 g/mol. The van der Waals surface area contributed by atoms with Crippen molar-refractivity contribution in [1.29, 1.82) is 0 Å². The van der Waals surface area contributed by atoms with E-state index in [0.29, 0.717) is 11.9 Å². The zero-order valence-corrected chi connectivity index (χ0v) is 14.9. The summed E-state index contributed by atoms with van der Waals surface area (Å²) < 4.78 is 5.80. The van der Waals surface area contributed by atoms with Gasteiger partial charge in [-0.25, -0.2) is 0 Å². The van der Waals surface area contributed by atoms with Crippen LogP contribution in [0.5, 0.6) is 0 Å². The third-order valence-electron chi connectivity index (χ3n) is 4.55. The number of piperazine rings is 1. The van der Waals surface area contributed by atoms with Crippen molar-refractivity contribution >= 4 is 47.8 Å². The van der Waals surface area contributed by atoms with E-state index in [9.17, 15) is 4.79 Å².